The minimum absolute atomic E-state index is 0.0541. The zero-order valence-electron chi connectivity index (χ0n) is 9.83. The minimum atomic E-state index is -4.76. The summed E-state index contributed by atoms with van der Waals surface area (Å²) in [4.78, 5) is 23.2. The molecule has 0 amide bonds. The van der Waals surface area contributed by atoms with E-state index in [9.17, 15) is 22.8 Å². The first kappa shape index (κ1) is 14.3. The Bertz CT molecular complexity index is 555. The van der Waals surface area contributed by atoms with Crippen LogP contribution in [-0.4, -0.2) is 9.13 Å². The van der Waals surface area contributed by atoms with Crippen LogP contribution in [0.25, 0.3) is 0 Å². The van der Waals surface area contributed by atoms with Gasteiger partial charge < -0.3 is 4.57 Å². The number of allylic oxidation sites excluding steroid dienone is 1. The number of nitrogens with zero attached hydrogens (tertiary/aromatic N) is 2. The van der Waals surface area contributed by atoms with E-state index in [0.29, 0.717) is 23.6 Å². The van der Waals surface area contributed by atoms with E-state index in [1.54, 1.807) is 6.08 Å². The van der Waals surface area contributed by atoms with Crippen LogP contribution in [0.4, 0.5) is 13.2 Å². The molecule has 0 bridgehead atoms. The molecular formula is C11H13F3N2O2. The number of hydrogen-bond donors (Lipinski definition) is 0. The van der Waals surface area contributed by atoms with Crippen LogP contribution in [0.2, 0.25) is 0 Å². The van der Waals surface area contributed by atoms with E-state index < -0.39 is 23.0 Å². The van der Waals surface area contributed by atoms with Gasteiger partial charge >= 0.3 is 11.9 Å². The van der Waals surface area contributed by atoms with E-state index in [1.807, 2.05) is 0 Å². The van der Waals surface area contributed by atoms with Gasteiger partial charge in [-0.25, -0.2) is 4.79 Å². The largest absolute Gasteiger partial charge is 0.423 e. The molecule has 0 saturated carbocycles. The SMILES string of the molecule is C=CCCCn1c(=O)c(C(F)(F)F)cn(C)c1=O. The molecule has 1 aromatic rings. The first-order valence-corrected chi connectivity index (χ1v) is 5.27. The van der Waals surface area contributed by atoms with Gasteiger partial charge in [0.15, 0.2) is 0 Å². The van der Waals surface area contributed by atoms with Crippen molar-refractivity contribution in [2.24, 2.45) is 7.05 Å². The van der Waals surface area contributed by atoms with Crippen molar-refractivity contribution in [3.8, 4) is 0 Å². The lowest BCUT2D eigenvalue weighted by molar-refractivity contribution is -0.139. The standard InChI is InChI=1S/C11H13F3N2O2/c1-3-4-5-6-16-9(17)8(11(12,13)14)7-15(2)10(16)18/h3,7H,1,4-6H2,2H3. The Balaban J connectivity index is 3.32. The number of aryl methyl sites for hydroxylation is 1. The highest BCUT2D eigenvalue weighted by Crippen LogP contribution is 2.25. The summed E-state index contributed by atoms with van der Waals surface area (Å²) in [7, 11) is 1.18. The van der Waals surface area contributed by atoms with E-state index in [2.05, 4.69) is 6.58 Å². The summed E-state index contributed by atoms with van der Waals surface area (Å²) in [6.45, 7) is 3.41. The first-order valence-electron chi connectivity index (χ1n) is 5.27. The summed E-state index contributed by atoms with van der Waals surface area (Å²) >= 11 is 0. The van der Waals surface area contributed by atoms with Gasteiger partial charge in [-0.2, -0.15) is 13.2 Å². The van der Waals surface area contributed by atoms with Crippen molar-refractivity contribution in [3.05, 3.63) is 45.3 Å². The molecule has 1 aromatic heterocycles. The molecule has 0 N–H and O–H groups in total. The highest BCUT2D eigenvalue weighted by molar-refractivity contribution is 5.09. The van der Waals surface area contributed by atoms with Crippen LogP contribution in [-0.2, 0) is 19.8 Å². The van der Waals surface area contributed by atoms with E-state index >= 15 is 0 Å². The van der Waals surface area contributed by atoms with Crippen molar-refractivity contribution in [1.29, 1.82) is 0 Å². The Morgan fingerprint density at radius 1 is 1.39 bits per heavy atom. The molecule has 0 unspecified atom stereocenters. The van der Waals surface area contributed by atoms with Crippen molar-refractivity contribution >= 4 is 0 Å². The molecule has 0 aliphatic rings. The first-order chi connectivity index (χ1) is 8.29. The Labute approximate surface area is 101 Å². The van der Waals surface area contributed by atoms with Crippen molar-refractivity contribution < 1.29 is 13.2 Å². The Kier molecular flexibility index (Phi) is 4.15. The number of aromatic nitrogens is 2. The van der Waals surface area contributed by atoms with Crippen LogP contribution in [0.5, 0.6) is 0 Å². The fraction of sp³-hybridized carbons (Fsp3) is 0.455. The summed E-state index contributed by atoms with van der Waals surface area (Å²) in [5.41, 5.74) is -3.38. The average molecular weight is 262 g/mol. The Morgan fingerprint density at radius 2 is 2.00 bits per heavy atom. The minimum Gasteiger partial charge on any atom is -0.303 e. The van der Waals surface area contributed by atoms with E-state index in [1.165, 1.54) is 7.05 Å². The molecule has 0 radical (unpaired) electrons. The quantitative estimate of drug-likeness (QED) is 0.610. The van der Waals surface area contributed by atoms with Gasteiger partial charge in [0.2, 0.25) is 0 Å². The maximum absolute atomic E-state index is 12.6. The zero-order chi connectivity index (χ0) is 13.9. The molecule has 0 aromatic carbocycles. The molecule has 0 fully saturated rings. The topological polar surface area (TPSA) is 44.0 Å². The smallest absolute Gasteiger partial charge is 0.303 e. The third-order valence-corrected chi connectivity index (χ3v) is 2.43. The zero-order valence-corrected chi connectivity index (χ0v) is 9.83. The highest BCUT2D eigenvalue weighted by atomic mass is 19.4. The van der Waals surface area contributed by atoms with Gasteiger partial charge in [0, 0.05) is 19.8 Å². The van der Waals surface area contributed by atoms with Gasteiger partial charge in [-0.1, -0.05) is 6.08 Å². The molecule has 0 atom stereocenters. The van der Waals surface area contributed by atoms with Gasteiger partial charge in [0.1, 0.15) is 5.56 Å². The van der Waals surface area contributed by atoms with Crippen LogP contribution in [0.1, 0.15) is 18.4 Å². The van der Waals surface area contributed by atoms with E-state index in [4.69, 9.17) is 0 Å². The number of rotatable bonds is 4. The van der Waals surface area contributed by atoms with Crippen molar-refractivity contribution in [1.82, 2.24) is 9.13 Å². The molecule has 100 valence electrons. The van der Waals surface area contributed by atoms with Crippen LogP contribution in [0.15, 0.2) is 28.4 Å². The lowest BCUT2D eigenvalue weighted by Crippen LogP contribution is -2.42. The number of halogens is 3. The lowest BCUT2D eigenvalue weighted by Gasteiger charge is -2.11. The van der Waals surface area contributed by atoms with E-state index in [0.717, 1.165) is 4.57 Å². The normalized spacial score (nSPS) is 11.6. The Morgan fingerprint density at radius 3 is 2.50 bits per heavy atom. The molecular weight excluding hydrogens is 249 g/mol. The van der Waals surface area contributed by atoms with Gasteiger partial charge in [-0.05, 0) is 12.8 Å². The summed E-state index contributed by atoms with van der Waals surface area (Å²) in [6, 6.07) is 0. The third-order valence-electron chi connectivity index (χ3n) is 2.43. The van der Waals surface area contributed by atoms with Gasteiger partial charge in [0.05, 0.1) is 0 Å². The molecule has 1 rings (SSSR count). The molecule has 0 aliphatic carbocycles. The van der Waals surface area contributed by atoms with Crippen molar-refractivity contribution in [2.75, 3.05) is 0 Å². The summed E-state index contributed by atoms with van der Waals surface area (Å²) < 4.78 is 39.1. The van der Waals surface area contributed by atoms with Gasteiger partial charge in [-0.15, -0.1) is 6.58 Å². The van der Waals surface area contributed by atoms with Gasteiger partial charge in [0.25, 0.3) is 5.56 Å². The maximum Gasteiger partial charge on any atom is 0.423 e. The molecule has 0 aliphatic heterocycles. The fourth-order valence-corrected chi connectivity index (χ4v) is 1.51. The summed E-state index contributed by atoms with van der Waals surface area (Å²) in [5.74, 6) is 0. The molecule has 18 heavy (non-hydrogen) atoms. The molecule has 7 heteroatoms. The van der Waals surface area contributed by atoms with Crippen molar-refractivity contribution in [2.45, 2.75) is 25.6 Å². The second-order valence-electron chi connectivity index (χ2n) is 3.82. The van der Waals surface area contributed by atoms with Gasteiger partial charge in [-0.3, -0.25) is 9.36 Å². The van der Waals surface area contributed by atoms with Crippen LogP contribution < -0.4 is 11.2 Å². The van der Waals surface area contributed by atoms with Crippen LogP contribution >= 0.6 is 0 Å². The summed E-state index contributed by atoms with van der Waals surface area (Å²) in [6.07, 6.45) is -1.76. The third kappa shape index (κ3) is 2.91. The van der Waals surface area contributed by atoms with Crippen molar-refractivity contribution in [3.63, 3.8) is 0 Å². The predicted octanol–water partition coefficient (Wildman–Crippen LogP) is 1.53. The van der Waals surface area contributed by atoms with Crippen LogP contribution in [0, 0.1) is 0 Å². The maximum atomic E-state index is 12.6. The highest BCUT2D eigenvalue weighted by Gasteiger charge is 2.35. The second-order valence-corrected chi connectivity index (χ2v) is 3.82. The van der Waals surface area contributed by atoms with E-state index in [-0.39, 0.29) is 6.54 Å². The second kappa shape index (κ2) is 5.24. The lowest BCUT2D eigenvalue weighted by atomic mass is 10.3. The predicted molar refractivity (Wildman–Crippen MR) is 60.4 cm³/mol. The molecule has 0 saturated heterocycles. The summed E-state index contributed by atoms with van der Waals surface area (Å²) in [5, 5.41) is 0. The average Bonchev–Trinajstić information content (AvgIpc) is 2.26. The number of hydrogen-bond acceptors (Lipinski definition) is 2. The number of alkyl halides is 3. The fourth-order valence-electron chi connectivity index (χ4n) is 1.51. The molecule has 0 spiro atoms. The molecule has 4 nitrogen and oxygen atoms in total. The van der Waals surface area contributed by atoms with Crippen LogP contribution in [0.3, 0.4) is 0 Å². The molecule has 1 heterocycles. The number of unbranched alkanes of at least 4 members (excludes halogenated alkanes) is 1. The monoisotopic (exact) mass is 262 g/mol. The Hall–Kier alpha value is -1.79.